The first-order chi connectivity index (χ1) is 10.0. The fraction of sp³-hybridized carbons (Fsp3) is 0.294. The molecule has 1 nitrogen and oxygen atoms in total. The first kappa shape index (κ1) is 15.6. The molecular formula is C17H18F3N. The molecule has 1 atom stereocenters. The molecule has 0 fully saturated rings. The molecule has 0 aromatic heterocycles. The molecule has 0 aliphatic heterocycles. The van der Waals surface area contributed by atoms with Crippen LogP contribution >= 0.6 is 0 Å². The van der Waals surface area contributed by atoms with E-state index < -0.39 is 23.5 Å². The fourth-order valence-electron chi connectivity index (χ4n) is 2.23. The predicted octanol–water partition coefficient (Wildman–Crippen LogP) is 4.49. The molecule has 2 aromatic rings. The molecule has 0 aliphatic carbocycles. The highest BCUT2D eigenvalue weighted by Crippen LogP contribution is 2.25. The van der Waals surface area contributed by atoms with Crippen LogP contribution in [-0.4, -0.2) is 0 Å². The third-order valence-corrected chi connectivity index (χ3v) is 3.56. The van der Waals surface area contributed by atoms with Crippen molar-refractivity contribution in [3.8, 4) is 0 Å². The van der Waals surface area contributed by atoms with Crippen molar-refractivity contribution >= 4 is 0 Å². The second-order valence-electron chi connectivity index (χ2n) is 5.09. The van der Waals surface area contributed by atoms with E-state index in [1.54, 1.807) is 12.1 Å². The Morgan fingerprint density at radius 2 is 1.62 bits per heavy atom. The quantitative estimate of drug-likeness (QED) is 0.807. The maximum atomic E-state index is 13.7. The van der Waals surface area contributed by atoms with E-state index in [-0.39, 0.29) is 5.56 Å². The standard InChI is InChI=1S/C17H18F3N/c1-2-3-4-11-5-7-12(8-6-11)17(21)13-9-10-14(18)16(20)15(13)19/h5-10,17H,2-4,21H2,1H3. The summed E-state index contributed by atoms with van der Waals surface area (Å²) in [7, 11) is 0. The average molecular weight is 293 g/mol. The zero-order valence-electron chi connectivity index (χ0n) is 11.9. The number of nitrogens with two attached hydrogens (primary N) is 1. The average Bonchev–Trinajstić information content (AvgIpc) is 2.51. The van der Waals surface area contributed by atoms with E-state index in [0.717, 1.165) is 25.3 Å². The van der Waals surface area contributed by atoms with Gasteiger partial charge in [-0.2, -0.15) is 0 Å². The van der Waals surface area contributed by atoms with E-state index in [0.29, 0.717) is 5.56 Å². The van der Waals surface area contributed by atoms with Gasteiger partial charge in [0.05, 0.1) is 6.04 Å². The molecule has 112 valence electrons. The Labute approximate surface area is 122 Å². The van der Waals surface area contributed by atoms with Gasteiger partial charge in [-0.15, -0.1) is 0 Å². The summed E-state index contributed by atoms with van der Waals surface area (Å²) in [5.41, 5.74) is 7.76. The molecule has 4 heteroatoms. The summed E-state index contributed by atoms with van der Waals surface area (Å²) in [6.45, 7) is 2.12. The molecule has 0 aliphatic rings. The Hall–Kier alpha value is -1.81. The monoisotopic (exact) mass is 293 g/mol. The second-order valence-corrected chi connectivity index (χ2v) is 5.09. The predicted molar refractivity (Wildman–Crippen MR) is 77.4 cm³/mol. The van der Waals surface area contributed by atoms with Crippen LogP contribution < -0.4 is 5.73 Å². The van der Waals surface area contributed by atoms with Crippen LogP contribution in [0.3, 0.4) is 0 Å². The van der Waals surface area contributed by atoms with E-state index in [1.165, 1.54) is 11.6 Å². The van der Waals surface area contributed by atoms with Gasteiger partial charge >= 0.3 is 0 Å². The van der Waals surface area contributed by atoms with E-state index in [9.17, 15) is 13.2 Å². The number of aryl methyl sites for hydroxylation is 1. The van der Waals surface area contributed by atoms with Crippen LogP contribution in [-0.2, 0) is 6.42 Å². The van der Waals surface area contributed by atoms with Gasteiger partial charge in [-0.1, -0.05) is 43.7 Å². The molecule has 0 radical (unpaired) electrons. The molecule has 0 saturated heterocycles. The lowest BCUT2D eigenvalue weighted by Crippen LogP contribution is -2.15. The summed E-state index contributed by atoms with van der Waals surface area (Å²) in [4.78, 5) is 0. The van der Waals surface area contributed by atoms with Crippen LogP contribution in [0.25, 0.3) is 0 Å². The largest absolute Gasteiger partial charge is 0.320 e. The summed E-state index contributed by atoms with van der Waals surface area (Å²) in [6.07, 6.45) is 3.19. The van der Waals surface area contributed by atoms with Gasteiger partial charge < -0.3 is 5.73 Å². The van der Waals surface area contributed by atoms with Gasteiger partial charge in [0.25, 0.3) is 0 Å². The molecule has 0 heterocycles. The van der Waals surface area contributed by atoms with Gasteiger partial charge in [0, 0.05) is 5.56 Å². The van der Waals surface area contributed by atoms with Gasteiger partial charge in [-0.3, -0.25) is 0 Å². The van der Waals surface area contributed by atoms with Crippen LogP contribution in [0.5, 0.6) is 0 Å². The minimum atomic E-state index is -1.48. The molecule has 0 bridgehead atoms. The first-order valence-corrected chi connectivity index (χ1v) is 7.02. The maximum absolute atomic E-state index is 13.7. The van der Waals surface area contributed by atoms with Crippen LogP contribution in [0.1, 0.15) is 42.5 Å². The highest BCUT2D eigenvalue weighted by atomic mass is 19.2. The SMILES string of the molecule is CCCCc1ccc(C(N)c2ccc(F)c(F)c2F)cc1. The van der Waals surface area contributed by atoms with Crippen molar-refractivity contribution in [1.29, 1.82) is 0 Å². The van der Waals surface area contributed by atoms with Gasteiger partial charge in [-0.05, 0) is 30.0 Å². The Bertz CT molecular complexity index is 608. The van der Waals surface area contributed by atoms with E-state index in [4.69, 9.17) is 5.73 Å². The second kappa shape index (κ2) is 6.76. The van der Waals surface area contributed by atoms with Gasteiger partial charge in [0.15, 0.2) is 17.5 Å². The van der Waals surface area contributed by atoms with Gasteiger partial charge in [0.2, 0.25) is 0 Å². The zero-order valence-corrected chi connectivity index (χ0v) is 11.9. The van der Waals surface area contributed by atoms with Crippen molar-refractivity contribution in [3.63, 3.8) is 0 Å². The summed E-state index contributed by atoms with van der Waals surface area (Å²) in [5.74, 6) is -3.92. The first-order valence-electron chi connectivity index (χ1n) is 7.02. The van der Waals surface area contributed by atoms with Crippen molar-refractivity contribution in [2.45, 2.75) is 32.2 Å². The Morgan fingerprint density at radius 3 is 2.24 bits per heavy atom. The third kappa shape index (κ3) is 3.45. The Kier molecular flexibility index (Phi) is 5.02. The number of hydrogen-bond donors (Lipinski definition) is 1. The van der Waals surface area contributed by atoms with Crippen molar-refractivity contribution in [3.05, 3.63) is 70.5 Å². The summed E-state index contributed by atoms with van der Waals surface area (Å²) >= 11 is 0. The number of hydrogen-bond acceptors (Lipinski definition) is 1. The van der Waals surface area contributed by atoms with Crippen LogP contribution in [0.15, 0.2) is 36.4 Å². The minimum Gasteiger partial charge on any atom is -0.320 e. The van der Waals surface area contributed by atoms with Gasteiger partial charge in [-0.25, -0.2) is 13.2 Å². The lowest BCUT2D eigenvalue weighted by atomic mass is 9.97. The lowest BCUT2D eigenvalue weighted by molar-refractivity contribution is 0.438. The number of unbranched alkanes of at least 4 members (excludes halogenated alkanes) is 1. The molecule has 2 rings (SSSR count). The normalized spacial score (nSPS) is 12.4. The number of benzene rings is 2. The molecule has 0 spiro atoms. The number of rotatable bonds is 5. The van der Waals surface area contributed by atoms with Crippen molar-refractivity contribution in [2.75, 3.05) is 0 Å². The van der Waals surface area contributed by atoms with E-state index in [2.05, 4.69) is 6.92 Å². The smallest absolute Gasteiger partial charge is 0.194 e. The molecule has 2 aromatic carbocycles. The molecule has 0 saturated carbocycles. The zero-order chi connectivity index (χ0) is 15.4. The van der Waals surface area contributed by atoms with Crippen molar-refractivity contribution in [2.24, 2.45) is 5.73 Å². The van der Waals surface area contributed by atoms with Crippen molar-refractivity contribution in [1.82, 2.24) is 0 Å². The van der Waals surface area contributed by atoms with Crippen molar-refractivity contribution < 1.29 is 13.2 Å². The third-order valence-electron chi connectivity index (χ3n) is 3.56. The number of halogens is 3. The highest BCUT2D eigenvalue weighted by Gasteiger charge is 2.19. The Morgan fingerprint density at radius 1 is 0.952 bits per heavy atom. The Balaban J connectivity index is 2.24. The topological polar surface area (TPSA) is 26.0 Å². The van der Waals surface area contributed by atoms with Crippen LogP contribution in [0, 0.1) is 17.5 Å². The lowest BCUT2D eigenvalue weighted by Gasteiger charge is -2.14. The molecule has 21 heavy (non-hydrogen) atoms. The maximum Gasteiger partial charge on any atom is 0.194 e. The van der Waals surface area contributed by atoms with Gasteiger partial charge in [0.1, 0.15) is 0 Å². The van der Waals surface area contributed by atoms with Crippen LogP contribution in [0.2, 0.25) is 0 Å². The van der Waals surface area contributed by atoms with Crippen LogP contribution in [0.4, 0.5) is 13.2 Å². The molecule has 1 unspecified atom stereocenters. The highest BCUT2D eigenvalue weighted by molar-refractivity contribution is 5.34. The van der Waals surface area contributed by atoms with E-state index in [1.807, 2.05) is 12.1 Å². The minimum absolute atomic E-state index is 0.0461. The molecule has 2 N–H and O–H groups in total. The summed E-state index contributed by atoms with van der Waals surface area (Å²) in [5, 5.41) is 0. The molecule has 0 amide bonds. The fourth-order valence-corrected chi connectivity index (χ4v) is 2.23. The summed E-state index contributed by atoms with van der Waals surface area (Å²) < 4.78 is 40.0. The summed E-state index contributed by atoms with van der Waals surface area (Å²) in [6, 6.07) is 8.73. The molecular weight excluding hydrogens is 275 g/mol. The van der Waals surface area contributed by atoms with E-state index >= 15 is 0 Å².